The number of hydrogen-bond acceptors (Lipinski definition) is 5. The minimum atomic E-state index is -3.27. The van der Waals surface area contributed by atoms with Crippen molar-refractivity contribution in [1.82, 2.24) is 20.5 Å². The molecule has 0 radical (unpaired) electrons. The molecule has 9 heteroatoms. The summed E-state index contributed by atoms with van der Waals surface area (Å²) in [6.45, 7) is 4.13. The van der Waals surface area contributed by atoms with E-state index in [-0.39, 0.29) is 0 Å². The van der Waals surface area contributed by atoms with Crippen molar-refractivity contribution in [1.29, 1.82) is 0 Å². The maximum Gasteiger partial charge on any atom is 0.315 e. The smallest absolute Gasteiger partial charge is 0.315 e. The average Bonchev–Trinajstić information content (AvgIpc) is 2.89. The van der Waals surface area contributed by atoms with E-state index in [0.717, 1.165) is 49.5 Å². The number of carbonyl (C=O) groups excluding carboxylic acids is 1. The number of nitrogens with zero attached hydrogens (tertiary/aromatic N) is 2. The Bertz CT molecular complexity index is 956. The molecule has 190 valence electrons. The third-order valence-electron chi connectivity index (χ3n) is 7.45. The number of aliphatic hydroxyl groups excluding tert-OH is 1. The quantitative estimate of drug-likeness (QED) is 0.528. The van der Waals surface area contributed by atoms with Gasteiger partial charge in [-0.25, -0.2) is 4.39 Å². The fraction of sp³-hybridized carbons (Fsp3) is 0.538. The van der Waals surface area contributed by atoms with E-state index < -0.39 is 31.2 Å². The largest absolute Gasteiger partial charge is 0.386 e. The Kier molecular flexibility index (Phi) is 8.41. The molecule has 0 aliphatic carbocycles. The minimum Gasteiger partial charge on any atom is -0.386 e. The number of aliphatic hydroxyl groups is 1. The third kappa shape index (κ3) is 6.39. The lowest BCUT2D eigenvalue weighted by Gasteiger charge is -2.44. The second-order valence-corrected chi connectivity index (χ2v) is 9.70. The van der Waals surface area contributed by atoms with Crippen LogP contribution in [0.4, 0.5) is 13.2 Å². The van der Waals surface area contributed by atoms with E-state index >= 15 is 0 Å². The van der Waals surface area contributed by atoms with Crippen molar-refractivity contribution in [2.45, 2.75) is 50.8 Å². The van der Waals surface area contributed by atoms with Gasteiger partial charge < -0.3 is 15.7 Å². The van der Waals surface area contributed by atoms with Crippen LogP contribution in [-0.2, 0) is 11.3 Å². The van der Waals surface area contributed by atoms with Gasteiger partial charge in [-0.2, -0.15) is 8.78 Å². The van der Waals surface area contributed by atoms with E-state index in [0.29, 0.717) is 11.0 Å². The molecule has 6 nitrogen and oxygen atoms in total. The summed E-state index contributed by atoms with van der Waals surface area (Å²) < 4.78 is 38.1. The van der Waals surface area contributed by atoms with Crippen LogP contribution in [-0.4, -0.2) is 66.2 Å². The molecule has 3 heterocycles. The number of aromatic nitrogens is 1. The monoisotopic (exact) mass is 490 g/mol. The van der Waals surface area contributed by atoms with Crippen molar-refractivity contribution in [3.8, 4) is 11.1 Å². The molecular weight excluding hydrogens is 457 g/mol. The number of amides is 1. The topological polar surface area (TPSA) is 77.5 Å². The lowest BCUT2D eigenvalue weighted by molar-refractivity contribution is -0.133. The molecule has 3 N–H and O–H groups in total. The van der Waals surface area contributed by atoms with Crippen LogP contribution < -0.4 is 10.6 Å². The van der Waals surface area contributed by atoms with E-state index in [2.05, 4.69) is 15.2 Å². The summed E-state index contributed by atoms with van der Waals surface area (Å²) in [5.41, 5.74) is 3.63. The number of nitrogens with one attached hydrogen (secondary N) is 2. The van der Waals surface area contributed by atoms with Gasteiger partial charge in [-0.05, 0) is 74.5 Å². The van der Waals surface area contributed by atoms with Crippen LogP contribution >= 0.6 is 0 Å². The van der Waals surface area contributed by atoms with Crippen LogP contribution in [0.15, 0.2) is 42.6 Å². The Morgan fingerprint density at radius 1 is 1.06 bits per heavy atom. The molecule has 1 spiro atoms. The number of hydrogen-bond donors (Lipinski definition) is 3. The third-order valence-corrected chi connectivity index (χ3v) is 7.45. The second kappa shape index (κ2) is 11.5. The molecule has 2 atom stereocenters. The van der Waals surface area contributed by atoms with Crippen molar-refractivity contribution in [3.63, 3.8) is 0 Å². The van der Waals surface area contributed by atoms with Crippen LogP contribution in [0.25, 0.3) is 11.1 Å². The second-order valence-electron chi connectivity index (χ2n) is 9.70. The molecule has 35 heavy (non-hydrogen) atoms. The van der Waals surface area contributed by atoms with Crippen LogP contribution in [0.2, 0.25) is 0 Å². The summed E-state index contributed by atoms with van der Waals surface area (Å²) in [5, 5.41) is 15.6. The molecular formula is C26H33F3N4O2. The molecule has 2 aromatic rings. The van der Waals surface area contributed by atoms with Gasteiger partial charge in [0.25, 0.3) is 5.91 Å². The maximum absolute atomic E-state index is 13.2. The van der Waals surface area contributed by atoms with Gasteiger partial charge in [0.1, 0.15) is 12.8 Å². The fourth-order valence-electron chi connectivity index (χ4n) is 5.11. The fourth-order valence-corrected chi connectivity index (χ4v) is 5.11. The molecule has 0 bridgehead atoms. The van der Waals surface area contributed by atoms with Crippen molar-refractivity contribution < 1.29 is 23.1 Å². The molecule has 0 unspecified atom stereocenters. The molecule has 2 aliphatic heterocycles. The van der Waals surface area contributed by atoms with Gasteiger partial charge in [-0.1, -0.05) is 30.3 Å². The van der Waals surface area contributed by atoms with Crippen LogP contribution in [0.3, 0.4) is 0 Å². The first kappa shape index (κ1) is 25.6. The van der Waals surface area contributed by atoms with E-state index in [1.807, 2.05) is 23.6 Å². The number of alkyl halides is 3. The molecule has 1 aromatic carbocycles. The van der Waals surface area contributed by atoms with Crippen LogP contribution in [0.1, 0.15) is 43.0 Å². The summed E-state index contributed by atoms with van der Waals surface area (Å²) in [5.74, 6) is -1.61. The highest BCUT2D eigenvalue weighted by Crippen LogP contribution is 2.39. The minimum absolute atomic E-state index is 0.326. The van der Waals surface area contributed by atoms with Crippen molar-refractivity contribution in [3.05, 3.63) is 53.9 Å². The van der Waals surface area contributed by atoms with Gasteiger partial charge in [-0.3, -0.25) is 14.7 Å². The average molecular weight is 491 g/mol. The Morgan fingerprint density at radius 3 is 2.29 bits per heavy atom. The van der Waals surface area contributed by atoms with E-state index in [4.69, 9.17) is 0 Å². The zero-order chi connectivity index (χ0) is 24.8. The van der Waals surface area contributed by atoms with Crippen molar-refractivity contribution in [2.75, 3.05) is 32.9 Å². The Balaban J connectivity index is 1.32. The molecule has 1 amide bonds. The lowest BCUT2D eigenvalue weighted by Crippen LogP contribution is -2.45. The zero-order valence-electron chi connectivity index (χ0n) is 19.7. The predicted molar refractivity (Wildman–Crippen MR) is 128 cm³/mol. The summed E-state index contributed by atoms with van der Waals surface area (Å²) >= 11 is 0. The first-order valence-electron chi connectivity index (χ1n) is 12.2. The van der Waals surface area contributed by atoms with Crippen LogP contribution in [0.5, 0.6) is 0 Å². The number of halogens is 3. The van der Waals surface area contributed by atoms with Crippen molar-refractivity contribution >= 4 is 5.91 Å². The molecule has 1 aromatic heterocycles. The van der Waals surface area contributed by atoms with Gasteiger partial charge in [0.05, 0.1) is 11.7 Å². The number of rotatable bonds is 8. The summed E-state index contributed by atoms with van der Waals surface area (Å²) in [4.78, 5) is 18.3. The molecule has 2 aliphatic rings. The maximum atomic E-state index is 13.2. The summed E-state index contributed by atoms with van der Waals surface area (Å²) in [6, 6.07) is 9.27. The van der Waals surface area contributed by atoms with E-state index in [9.17, 15) is 23.1 Å². The first-order valence-corrected chi connectivity index (χ1v) is 12.2. The summed E-state index contributed by atoms with van der Waals surface area (Å²) in [7, 11) is 0. The van der Waals surface area contributed by atoms with E-state index in [1.165, 1.54) is 25.7 Å². The number of piperidine rings is 2. The van der Waals surface area contributed by atoms with Gasteiger partial charge in [-0.15, -0.1) is 0 Å². The normalized spacial score (nSPS) is 20.0. The SMILES string of the molecule is O=C(N[C@H](CF)[C@H](O)c1ccc(-c2ccc(CN3CCC4(CCNCC4)CC3)nc2)cc1)C(F)F. The predicted octanol–water partition coefficient (Wildman–Crippen LogP) is 3.47. The van der Waals surface area contributed by atoms with Gasteiger partial charge in [0, 0.05) is 18.3 Å². The molecule has 2 saturated heterocycles. The van der Waals surface area contributed by atoms with Gasteiger partial charge in [0.15, 0.2) is 0 Å². The van der Waals surface area contributed by atoms with E-state index in [1.54, 1.807) is 24.3 Å². The van der Waals surface area contributed by atoms with Crippen LogP contribution in [0, 0.1) is 5.41 Å². The zero-order valence-corrected chi connectivity index (χ0v) is 19.7. The number of benzene rings is 1. The Morgan fingerprint density at radius 2 is 1.71 bits per heavy atom. The number of pyridine rings is 1. The molecule has 4 rings (SSSR count). The Labute approximate surface area is 203 Å². The van der Waals surface area contributed by atoms with Gasteiger partial charge in [0.2, 0.25) is 0 Å². The van der Waals surface area contributed by atoms with Gasteiger partial charge >= 0.3 is 6.43 Å². The number of likely N-dealkylation sites (tertiary alicyclic amines) is 1. The standard InChI is InChI=1S/C26H33F3N4O2/c27-15-22(32-25(35)24(28)29)23(34)19-3-1-18(2-4-19)20-5-6-21(31-16-20)17-33-13-9-26(10-14-33)7-11-30-12-8-26/h1-6,16,22-24,30,34H,7-15,17H2,(H,32,35)/t22-,23-/m1/s1. The highest BCUT2D eigenvalue weighted by Gasteiger charge is 2.35. The number of carbonyl (C=O) groups is 1. The lowest BCUT2D eigenvalue weighted by atomic mass is 9.71. The summed E-state index contributed by atoms with van der Waals surface area (Å²) in [6.07, 6.45) is 2.16. The Hall–Kier alpha value is -2.49. The molecule has 2 fully saturated rings. The first-order chi connectivity index (χ1) is 16.9. The highest BCUT2D eigenvalue weighted by molar-refractivity contribution is 5.79. The molecule has 0 saturated carbocycles. The van der Waals surface area contributed by atoms with Crippen molar-refractivity contribution in [2.24, 2.45) is 5.41 Å². The highest BCUT2D eigenvalue weighted by atomic mass is 19.3.